The van der Waals surface area contributed by atoms with E-state index in [0.717, 1.165) is 0 Å². The zero-order valence-electron chi connectivity index (χ0n) is 13.5. The van der Waals surface area contributed by atoms with Crippen molar-refractivity contribution < 1.29 is 9.53 Å². The lowest BCUT2D eigenvalue weighted by atomic mass is 10.1. The van der Waals surface area contributed by atoms with Gasteiger partial charge >= 0.3 is 0 Å². The Bertz CT molecular complexity index is 616. The van der Waals surface area contributed by atoms with E-state index in [1.807, 2.05) is 62.9 Å². The fraction of sp³-hybridized carbons (Fsp3) is 0.333. The van der Waals surface area contributed by atoms with Crippen molar-refractivity contribution in [3.05, 3.63) is 54.2 Å². The van der Waals surface area contributed by atoms with Crippen molar-refractivity contribution in [2.75, 3.05) is 0 Å². The average Bonchev–Trinajstić information content (AvgIpc) is 2.47. The summed E-state index contributed by atoms with van der Waals surface area (Å²) in [5, 5.41) is 0. The Morgan fingerprint density at radius 3 is 2.27 bits per heavy atom. The molecule has 0 fully saturated rings. The summed E-state index contributed by atoms with van der Waals surface area (Å²) in [5.41, 5.74) is 0.586. The summed E-state index contributed by atoms with van der Waals surface area (Å²) in [6, 6.07) is 13.1. The highest BCUT2D eigenvalue weighted by Gasteiger charge is 2.22. The lowest BCUT2D eigenvalue weighted by Crippen LogP contribution is -2.42. The molecule has 0 unspecified atom stereocenters. The quantitative estimate of drug-likeness (QED) is 0.833. The molecule has 0 atom stereocenters. The fourth-order valence-corrected chi connectivity index (χ4v) is 2.42. The number of hydrogen-bond donors (Lipinski definition) is 0. The molecule has 4 heteroatoms. The molecule has 0 aliphatic heterocycles. The summed E-state index contributed by atoms with van der Waals surface area (Å²) in [6.45, 7) is 8.06. The van der Waals surface area contributed by atoms with Crippen LogP contribution in [0.4, 0.5) is 0 Å². The van der Waals surface area contributed by atoms with Gasteiger partial charge in [-0.1, -0.05) is 18.2 Å². The minimum absolute atomic E-state index is 0.00897. The SMILES string of the molecule is CC(C)N(C(=O)c1ccnc(Oc2ccccc2)c1)C(C)C. The standard InChI is InChI=1S/C18H22N2O2/c1-13(2)20(14(3)4)18(21)15-10-11-19-17(12-15)22-16-8-6-5-7-9-16/h5-14H,1-4H3. The first-order chi connectivity index (χ1) is 10.5. The van der Waals surface area contributed by atoms with Crippen LogP contribution in [0.1, 0.15) is 38.1 Å². The highest BCUT2D eigenvalue weighted by molar-refractivity contribution is 5.94. The number of rotatable bonds is 5. The van der Waals surface area contributed by atoms with Crippen LogP contribution in [0.5, 0.6) is 11.6 Å². The molecule has 1 aromatic heterocycles. The number of benzene rings is 1. The molecule has 4 nitrogen and oxygen atoms in total. The second-order valence-corrected chi connectivity index (χ2v) is 5.70. The van der Waals surface area contributed by atoms with Crippen LogP contribution in [-0.4, -0.2) is 27.9 Å². The Balaban J connectivity index is 2.22. The van der Waals surface area contributed by atoms with Crippen LogP contribution in [0.15, 0.2) is 48.7 Å². The lowest BCUT2D eigenvalue weighted by molar-refractivity contribution is 0.0643. The molecule has 0 aliphatic rings. The zero-order chi connectivity index (χ0) is 16.1. The second-order valence-electron chi connectivity index (χ2n) is 5.70. The maximum atomic E-state index is 12.7. The molecule has 0 saturated carbocycles. The molecule has 0 N–H and O–H groups in total. The van der Waals surface area contributed by atoms with Gasteiger partial charge in [-0.3, -0.25) is 4.79 Å². The van der Waals surface area contributed by atoms with Crippen LogP contribution < -0.4 is 4.74 Å². The summed E-state index contributed by atoms with van der Waals surface area (Å²) >= 11 is 0. The Labute approximate surface area is 131 Å². The average molecular weight is 298 g/mol. The largest absolute Gasteiger partial charge is 0.439 e. The Morgan fingerprint density at radius 1 is 1.05 bits per heavy atom. The second kappa shape index (κ2) is 7.07. The van der Waals surface area contributed by atoms with Gasteiger partial charge < -0.3 is 9.64 Å². The molecule has 22 heavy (non-hydrogen) atoms. The smallest absolute Gasteiger partial charge is 0.254 e. The first kappa shape index (κ1) is 16.0. The third kappa shape index (κ3) is 3.85. The van der Waals surface area contributed by atoms with Gasteiger partial charge in [-0.05, 0) is 45.9 Å². The van der Waals surface area contributed by atoms with Crippen molar-refractivity contribution in [2.24, 2.45) is 0 Å². The van der Waals surface area contributed by atoms with Gasteiger partial charge in [-0.2, -0.15) is 0 Å². The fourth-order valence-electron chi connectivity index (χ4n) is 2.42. The van der Waals surface area contributed by atoms with E-state index >= 15 is 0 Å². The van der Waals surface area contributed by atoms with Crippen molar-refractivity contribution in [3.8, 4) is 11.6 Å². The van der Waals surface area contributed by atoms with Crippen molar-refractivity contribution in [3.63, 3.8) is 0 Å². The monoisotopic (exact) mass is 298 g/mol. The van der Waals surface area contributed by atoms with E-state index in [9.17, 15) is 4.79 Å². The van der Waals surface area contributed by atoms with Crippen LogP contribution in [0.3, 0.4) is 0 Å². The topological polar surface area (TPSA) is 42.4 Å². The van der Waals surface area contributed by atoms with Gasteiger partial charge in [0.15, 0.2) is 0 Å². The molecule has 0 saturated heterocycles. The van der Waals surface area contributed by atoms with Gasteiger partial charge in [0, 0.05) is 29.9 Å². The van der Waals surface area contributed by atoms with Crippen molar-refractivity contribution in [1.29, 1.82) is 0 Å². The number of aromatic nitrogens is 1. The summed E-state index contributed by atoms with van der Waals surface area (Å²) in [6.07, 6.45) is 1.60. The molecule has 1 aromatic carbocycles. The Hall–Kier alpha value is -2.36. The van der Waals surface area contributed by atoms with Gasteiger partial charge in [-0.15, -0.1) is 0 Å². The van der Waals surface area contributed by atoms with Gasteiger partial charge in [0.25, 0.3) is 5.91 Å². The van der Waals surface area contributed by atoms with E-state index in [-0.39, 0.29) is 18.0 Å². The van der Waals surface area contributed by atoms with E-state index in [1.54, 1.807) is 18.3 Å². The molecule has 2 rings (SSSR count). The highest BCUT2D eigenvalue weighted by Crippen LogP contribution is 2.21. The zero-order valence-corrected chi connectivity index (χ0v) is 13.5. The molecule has 0 radical (unpaired) electrons. The first-order valence-corrected chi connectivity index (χ1v) is 7.50. The number of hydrogen-bond acceptors (Lipinski definition) is 3. The van der Waals surface area contributed by atoms with E-state index in [0.29, 0.717) is 17.2 Å². The van der Waals surface area contributed by atoms with Crippen LogP contribution >= 0.6 is 0 Å². The molecule has 1 heterocycles. The van der Waals surface area contributed by atoms with Crippen LogP contribution in [0.2, 0.25) is 0 Å². The van der Waals surface area contributed by atoms with Gasteiger partial charge in [0.05, 0.1) is 0 Å². The minimum Gasteiger partial charge on any atom is -0.439 e. The van der Waals surface area contributed by atoms with Crippen LogP contribution in [0.25, 0.3) is 0 Å². The van der Waals surface area contributed by atoms with Gasteiger partial charge in [0.2, 0.25) is 5.88 Å². The number of carbonyl (C=O) groups is 1. The third-order valence-electron chi connectivity index (χ3n) is 3.29. The summed E-state index contributed by atoms with van der Waals surface area (Å²) < 4.78 is 5.69. The molecule has 0 spiro atoms. The van der Waals surface area contributed by atoms with Crippen LogP contribution in [-0.2, 0) is 0 Å². The van der Waals surface area contributed by atoms with Crippen LogP contribution in [0, 0.1) is 0 Å². The predicted molar refractivity (Wildman–Crippen MR) is 87.2 cm³/mol. The molecule has 2 aromatic rings. The number of ether oxygens (including phenoxy) is 1. The maximum absolute atomic E-state index is 12.7. The Kier molecular flexibility index (Phi) is 5.15. The molecule has 116 valence electrons. The molecule has 1 amide bonds. The third-order valence-corrected chi connectivity index (χ3v) is 3.29. The first-order valence-electron chi connectivity index (χ1n) is 7.50. The van der Waals surface area contributed by atoms with Crippen molar-refractivity contribution in [1.82, 2.24) is 9.88 Å². The number of carbonyl (C=O) groups excluding carboxylic acids is 1. The molecule has 0 bridgehead atoms. The maximum Gasteiger partial charge on any atom is 0.254 e. The Morgan fingerprint density at radius 2 is 1.68 bits per heavy atom. The van der Waals surface area contributed by atoms with E-state index < -0.39 is 0 Å². The molecular formula is C18H22N2O2. The predicted octanol–water partition coefficient (Wildman–Crippen LogP) is 4.13. The molecule has 0 aliphatic carbocycles. The van der Waals surface area contributed by atoms with Crippen molar-refractivity contribution in [2.45, 2.75) is 39.8 Å². The summed E-state index contributed by atoms with van der Waals surface area (Å²) in [5.74, 6) is 1.11. The number of amides is 1. The van der Waals surface area contributed by atoms with Gasteiger partial charge in [0.1, 0.15) is 5.75 Å². The summed E-state index contributed by atoms with van der Waals surface area (Å²) in [7, 11) is 0. The lowest BCUT2D eigenvalue weighted by Gasteiger charge is -2.30. The molecular weight excluding hydrogens is 276 g/mol. The van der Waals surface area contributed by atoms with E-state index in [2.05, 4.69) is 4.98 Å². The van der Waals surface area contributed by atoms with E-state index in [4.69, 9.17) is 4.74 Å². The minimum atomic E-state index is -0.00897. The number of para-hydroxylation sites is 1. The normalized spacial score (nSPS) is 10.8. The highest BCUT2D eigenvalue weighted by atomic mass is 16.5. The van der Waals surface area contributed by atoms with Gasteiger partial charge in [-0.25, -0.2) is 4.98 Å². The van der Waals surface area contributed by atoms with Crippen molar-refractivity contribution >= 4 is 5.91 Å². The number of nitrogens with zero attached hydrogens (tertiary/aromatic N) is 2. The summed E-state index contributed by atoms with van der Waals surface area (Å²) in [4.78, 5) is 18.7. The number of pyridine rings is 1. The van der Waals surface area contributed by atoms with E-state index in [1.165, 1.54) is 0 Å².